The van der Waals surface area contributed by atoms with Crippen molar-refractivity contribution in [2.45, 2.75) is 12.8 Å². The molecule has 1 saturated heterocycles. The van der Waals surface area contributed by atoms with Crippen LogP contribution in [0.1, 0.15) is 23.2 Å². The van der Waals surface area contributed by atoms with Crippen molar-refractivity contribution in [3.05, 3.63) is 23.1 Å². The van der Waals surface area contributed by atoms with Crippen molar-refractivity contribution < 1.29 is 14.0 Å². The zero-order chi connectivity index (χ0) is 14.0. The summed E-state index contributed by atoms with van der Waals surface area (Å²) in [7, 11) is 3.51. The van der Waals surface area contributed by atoms with E-state index in [1.165, 1.54) is 6.26 Å². The van der Waals surface area contributed by atoms with Gasteiger partial charge in [-0.05, 0) is 30.5 Å². The number of carbonyl (C=O) groups is 2. The molecule has 1 aromatic rings. The predicted molar refractivity (Wildman–Crippen MR) is 71.0 cm³/mol. The average Bonchev–Trinajstić information content (AvgIpc) is 2.83. The van der Waals surface area contributed by atoms with Gasteiger partial charge in [-0.3, -0.25) is 9.59 Å². The van der Waals surface area contributed by atoms with Crippen molar-refractivity contribution in [3.63, 3.8) is 0 Å². The van der Waals surface area contributed by atoms with E-state index < -0.39 is 0 Å². The summed E-state index contributed by atoms with van der Waals surface area (Å²) in [5.41, 5.74) is 0.388. The lowest BCUT2D eigenvalue weighted by Gasteiger charge is -2.32. The second-order valence-electron chi connectivity index (χ2n) is 4.91. The summed E-state index contributed by atoms with van der Waals surface area (Å²) in [4.78, 5) is 27.3. The maximum absolute atomic E-state index is 12.2. The van der Waals surface area contributed by atoms with E-state index in [1.807, 2.05) is 0 Å². The number of furan rings is 1. The molecule has 0 saturated carbocycles. The molecule has 104 valence electrons. The normalized spacial score (nSPS) is 16.5. The fraction of sp³-hybridized carbons (Fsp3) is 0.538. The summed E-state index contributed by atoms with van der Waals surface area (Å²) in [5.74, 6) is 0.0156. The minimum absolute atomic E-state index is 0.0128. The van der Waals surface area contributed by atoms with Crippen LogP contribution in [0.4, 0.5) is 0 Å². The Kier molecular flexibility index (Phi) is 4.14. The zero-order valence-electron chi connectivity index (χ0n) is 11.1. The molecule has 0 aliphatic carbocycles. The molecule has 1 fully saturated rings. The molecule has 6 heteroatoms. The minimum Gasteiger partial charge on any atom is -0.452 e. The first-order valence-corrected chi connectivity index (χ1v) is 6.62. The Bertz CT molecular complexity index is 476. The zero-order valence-corrected chi connectivity index (χ0v) is 11.8. The molecular formula is C13H17ClN2O3. The van der Waals surface area contributed by atoms with Gasteiger partial charge in [0.05, 0.1) is 11.8 Å². The largest absolute Gasteiger partial charge is 0.452 e. The third-order valence-electron chi connectivity index (χ3n) is 3.42. The Morgan fingerprint density at radius 2 is 2.00 bits per heavy atom. The lowest BCUT2D eigenvalue weighted by atomic mass is 9.95. The van der Waals surface area contributed by atoms with Crippen molar-refractivity contribution in [1.29, 1.82) is 0 Å². The van der Waals surface area contributed by atoms with Crippen molar-refractivity contribution >= 4 is 23.4 Å². The van der Waals surface area contributed by atoms with Gasteiger partial charge < -0.3 is 14.2 Å². The second-order valence-corrected chi connectivity index (χ2v) is 5.25. The Balaban J connectivity index is 1.95. The van der Waals surface area contributed by atoms with E-state index in [1.54, 1.807) is 30.0 Å². The van der Waals surface area contributed by atoms with Gasteiger partial charge in [-0.1, -0.05) is 0 Å². The van der Waals surface area contributed by atoms with Crippen LogP contribution in [0.5, 0.6) is 0 Å². The van der Waals surface area contributed by atoms with Gasteiger partial charge in [0.2, 0.25) is 11.1 Å². The van der Waals surface area contributed by atoms with E-state index in [2.05, 4.69) is 0 Å². The number of rotatable bonds is 2. The summed E-state index contributed by atoms with van der Waals surface area (Å²) < 4.78 is 4.92. The summed E-state index contributed by atoms with van der Waals surface area (Å²) in [6, 6.07) is 1.57. The molecule has 1 aromatic heterocycles. The molecule has 2 heterocycles. The Morgan fingerprint density at radius 1 is 1.37 bits per heavy atom. The van der Waals surface area contributed by atoms with Crippen LogP contribution in [0.25, 0.3) is 0 Å². The molecule has 0 bridgehead atoms. The molecule has 0 aromatic carbocycles. The first-order valence-electron chi connectivity index (χ1n) is 6.24. The third-order valence-corrected chi connectivity index (χ3v) is 3.71. The molecule has 2 rings (SSSR count). The monoisotopic (exact) mass is 284 g/mol. The Labute approximate surface area is 117 Å². The molecular weight excluding hydrogens is 268 g/mol. The SMILES string of the molecule is CN(C)C(=O)C1CCN(C(=O)c2ccoc2Cl)CC1. The summed E-state index contributed by atoms with van der Waals surface area (Å²) in [6.07, 6.45) is 2.79. The number of nitrogens with zero attached hydrogens (tertiary/aromatic N) is 2. The van der Waals surface area contributed by atoms with Gasteiger partial charge >= 0.3 is 0 Å². The van der Waals surface area contributed by atoms with E-state index in [0.29, 0.717) is 31.5 Å². The molecule has 1 aliphatic heterocycles. The Hall–Kier alpha value is -1.49. The highest BCUT2D eigenvalue weighted by Crippen LogP contribution is 2.23. The lowest BCUT2D eigenvalue weighted by Crippen LogP contribution is -2.42. The van der Waals surface area contributed by atoms with Crippen LogP contribution >= 0.6 is 11.6 Å². The Morgan fingerprint density at radius 3 is 2.47 bits per heavy atom. The van der Waals surface area contributed by atoms with Crippen molar-refractivity contribution in [2.24, 2.45) is 5.92 Å². The molecule has 0 N–H and O–H groups in total. The van der Waals surface area contributed by atoms with Gasteiger partial charge in [0.25, 0.3) is 5.91 Å². The van der Waals surface area contributed by atoms with Crippen LogP contribution in [0.15, 0.2) is 16.7 Å². The molecule has 5 nitrogen and oxygen atoms in total. The van der Waals surface area contributed by atoms with Gasteiger partial charge in [0.1, 0.15) is 0 Å². The van der Waals surface area contributed by atoms with Crippen LogP contribution < -0.4 is 0 Å². The summed E-state index contributed by atoms with van der Waals surface area (Å²) in [6.45, 7) is 1.15. The van der Waals surface area contributed by atoms with Crippen molar-refractivity contribution in [2.75, 3.05) is 27.2 Å². The maximum atomic E-state index is 12.2. The number of piperidine rings is 1. The van der Waals surface area contributed by atoms with Crippen LogP contribution in [0.2, 0.25) is 5.22 Å². The number of amides is 2. The lowest BCUT2D eigenvalue weighted by molar-refractivity contribution is -0.134. The average molecular weight is 285 g/mol. The maximum Gasteiger partial charge on any atom is 0.258 e. The number of carbonyl (C=O) groups excluding carboxylic acids is 2. The highest BCUT2D eigenvalue weighted by molar-refractivity contribution is 6.32. The number of halogens is 1. The standard InChI is InChI=1S/C13H17ClN2O3/c1-15(2)12(17)9-3-6-16(7-4-9)13(18)10-5-8-19-11(10)14/h5,8-9H,3-4,6-7H2,1-2H3. The van der Waals surface area contributed by atoms with E-state index >= 15 is 0 Å². The van der Waals surface area contributed by atoms with Gasteiger partial charge in [0, 0.05) is 33.1 Å². The van der Waals surface area contributed by atoms with E-state index in [-0.39, 0.29) is 23.0 Å². The molecule has 0 radical (unpaired) electrons. The molecule has 1 aliphatic rings. The molecule has 0 unspecified atom stereocenters. The fourth-order valence-electron chi connectivity index (χ4n) is 2.31. The van der Waals surface area contributed by atoms with Gasteiger partial charge in [-0.25, -0.2) is 0 Å². The first-order chi connectivity index (χ1) is 9.00. The van der Waals surface area contributed by atoms with Crippen molar-refractivity contribution in [1.82, 2.24) is 9.80 Å². The van der Waals surface area contributed by atoms with Crippen LogP contribution in [0, 0.1) is 5.92 Å². The number of likely N-dealkylation sites (tertiary alicyclic amines) is 1. The summed E-state index contributed by atoms with van der Waals surface area (Å²) in [5, 5.41) is 0.122. The smallest absolute Gasteiger partial charge is 0.258 e. The number of hydrogen-bond acceptors (Lipinski definition) is 3. The minimum atomic E-state index is -0.130. The van der Waals surface area contributed by atoms with E-state index in [9.17, 15) is 9.59 Å². The highest BCUT2D eigenvalue weighted by Gasteiger charge is 2.29. The molecule has 19 heavy (non-hydrogen) atoms. The van der Waals surface area contributed by atoms with Gasteiger partial charge in [0.15, 0.2) is 0 Å². The van der Waals surface area contributed by atoms with Crippen molar-refractivity contribution in [3.8, 4) is 0 Å². The highest BCUT2D eigenvalue weighted by atomic mass is 35.5. The van der Waals surface area contributed by atoms with Crippen LogP contribution in [-0.4, -0.2) is 48.8 Å². The van der Waals surface area contributed by atoms with E-state index in [0.717, 1.165) is 0 Å². The second kappa shape index (κ2) is 5.65. The fourth-order valence-corrected chi connectivity index (χ4v) is 2.51. The summed E-state index contributed by atoms with van der Waals surface area (Å²) >= 11 is 5.80. The first kappa shape index (κ1) is 13.9. The van der Waals surface area contributed by atoms with Gasteiger partial charge in [-0.15, -0.1) is 0 Å². The predicted octanol–water partition coefficient (Wildman–Crippen LogP) is 1.87. The quantitative estimate of drug-likeness (QED) is 0.833. The topological polar surface area (TPSA) is 53.8 Å². The molecule has 2 amide bonds. The third kappa shape index (κ3) is 2.92. The van der Waals surface area contributed by atoms with E-state index in [4.69, 9.17) is 16.0 Å². The van der Waals surface area contributed by atoms with Gasteiger partial charge in [-0.2, -0.15) is 0 Å². The molecule has 0 atom stereocenters. The number of hydrogen-bond donors (Lipinski definition) is 0. The van der Waals surface area contributed by atoms with Crippen LogP contribution in [-0.2, 0) is 4.79 Å². The molecule has 0 spiro atoms. The van der Waals surface area contributed by atoms with Crippen LogP contribution in [0.3, 0.4) is 0 Å².